The van der Waals surface area contributed by atoms with E-state index in [-0.39, 0.29) is 0 Å². The van der Waals surface area contributed by atoms with E-state index in [9.17, 15) is 4.57 Å². The van der Waals surface area contributed by atoms with Crippen molar-refractivity contribution in [2.75, 3.05) is 21.3 Å². The lowest BCUT2D eigenvalue weighted by Gasteiger charge is -1.66. The lowest BCUT2D eigenvalue weighted by Crippen LogP contribution is -1.69. The van der Waals surface area contributed by atoms with Crippen LogP contribution in [-0.4, -0.2) is 21.3 Å². The summed E-state index contributed by atoms with van der Waals surface area (Å²) in [5, 5.41) is 0. The third-order valence-electron chi connectivity index (χ3n) is 0.298. The van der Waals surface area contributed by atoms with Gasteiger partial charge in [0.1, 0.15) is 0 Å². The van der Waals surface area contributed by atoms with Gasteiger partial charge in [-0.1, -0.05) is 0 Å². The number of rotatable bonds is 2. The summed E-state index contributed by atoms with van der Waals surface area (Å²) in [5.41, 5.74) is 4.50. The molecule has 8 heavy (non-hydrogen) atoms. The molecule has 0 bridgehead atoms. The highest BCUT2D eigenvalue weighted by Gasteiger charge is 2.10. The highest BCUT2D eigenvalue weighted by Crippen LogP contribution is 2.18. The van der Waals surface area contributed by atoms with Gasteiger partial charge in [-0.15, -0.1) is 9.05 Å². The Labute approximate surface area is 49.9 Å². The first-order chi connectivity index (χ1) is 3.81. The van der Waals surface area contributed by atoms with Crippen LogP contribution in [0.25, 0.3) is 0 Å². The zero-order chi connectivity index (χ0) is 6.99. The average Bonchev–Trinajstić information content (AvgIpc) is 1.91. The van der Waals surface area contributed by atoms with Gasteiger partial charge in [0.15, 0.2) is 0 Å². The lowest BCUT2D eigenvalue weighted by molar-refractivity contribution is 0.302. The molecule has 0 atom stereocenters. The number of hydrogen-bond acceptors (Lipinski definition) is 4. The monoisotopic (exact) mass is 140 g/mol. The van der Waals surface area contributed by atoms with Crippen molar-refractivity contribution in [2.24, 2.45) is 5.73 Å². The van der Waals surface area contributed by atoms with E-state index in [1.165, 1.54) is 21.3 Å². The Bertz CT molecular complexity index is 52.5. The van der Waals surface area contributed by atoms with E-state index >= 15 is 0 Å². The Morgan fingerprint density at radius 2 is 1.50 bits per heavy atom. The predicted molar refractivity (Wildman–Crippen MR) is 31.7 cm³/mol. The summed E-state index contributed by atoms with van der Waals surface area (Å²) >= 11 is 0. The SMILES string of the molecule is CN.CO[P+](=O)OC. The Morgan fingerprint density at radius 3 is 1.50 bits per heavy atom. The van der Waals surface area contributed by atoms with E-state index in [1.807, 2.05) is 0 Å². The third-order valence-corrected chi connectivity index (χ3v) is 0.894. The summed E-state index contributed by atoms with van der Waals surface area (Å²) in [6.45, 7) is 0. The van der Waals surface area contributed by atoms with Crippen LogP contribution >= 0.6 is 8.25 Å². The van der Waals surface area contributed by atoms with Gasteiger partial charge in [-0.25, -0.2) is 0 Å². The summed E-state index contributed by atoms with van der Waals surface area (Å²) in [6.07, 6.45) is 0. The Hall–Kier alpha value is -0.0200. The normalized spacial score (nSPS) is 7.00. The molecule has 0 aliphatic carbocycles. The van der Waals surface area contributed by atoms with Crippen molar-refractivity contribution in [1.82, 2.24) is 0 Å². The molecule has 0 aromatic carbocycles. The van der Waals surface area contributed by atoms with Crippen molar-refractivity contribution in [3.8, 4) is 0 Å². The summed E-state index contributed by atoms with van der Waals surface area (Å²) in [6, 6.07) is 0. The second-order valence-electron chi connectivity index (χ2n) is 0.589. The highest BCUT2D eigenvalue weighted by atomic mass is 31.1. The van der Waals surface area contributed by atoms with E-state index in [2.05, 4.69) is 14.8 Å². The topological polar surface area (TPSA) is 61.5 Å². The molecule has 0 saturated carbocycles. The van der Waals surface area contributed by atoms with Crippen molar-refractivity contribution in [3.63, 3.8) is 0 Å². The van der Waals surface area contributed by atoms with Crippen LogP contribution in [0.2, 0.25) is 0 Å². The summed E-state index contributed by atoms with van der Waals surface area (Å²) < 4.78 is 18.3. The zero-order valence-electron chi connectivity index (χ0n) is 5.25. The molecule has 0 radical (unpaired) electrons. The van der Waals surface area contributed by atoms with Crippen LogP contribution in [0.3, 0.4) is 0 Å². The first kappa shape index (κ1) is 10.9. The molecule has 0 aromatic rings. The highest BCUT2D eigenvalue weighted by molar-refractivity contribution is 7.33. The van der Waals surface area contributed by atoms with Crippen molar-refractivity contribution in [1.29, 1.82) is 0 Å². The van der Waals surface area contributed by atoms with Crippen molar-refractivity contribution in [2.45, 2.75) is 0 Å². The van der Waals surface area contributed by atoms with Crippen LogP contribution in [0.1, 0.15) is 0 Å². The molecule has 50 valence electrons. The minimum Gasteiger partial charge on any atom is -0.333 e. The molecule has 4 nitrogen and oxygen atoms in total. The van der Waals surface area contributed by atoms with Crippen molar-refractivity contribution >= 4 is 8.25 Å². The Morgan fingerprint density at radius 1 is 1.25 bits per heavy atom. The minimum atomic E-state index is -1.83. The van der Waals surface area contributed by atoms with E-state index < -0.39 is 8.25 Å². The van der Waals surface area contributed by atoms with Crippen LogP contribution in [0.4, 0.5) is 0 Å². The second kappa shape index (κ2) is 10.1. The maximum absolute atomic E-state index is 9.88. The molecule has 0 rings (SSSR count). The van der Waals surface area contributed by atoms with Gasteiger partial charge < -0.3 is 5.73 Å². The third kappa shape index (κ3) is 9.36. The molecule has 0 unspecified atom stereocenters. The second-order valence-corrected chi connectivity index (χ2v) is 1.77. The molecule has 2 N–H and O–H groups in total. The van der Waals surface area contributed by atoms with E-state index in [0.29, 0.717) is 0 Å². The molecule has 0 aliphatic rings. The average molecular weight is 140 g/mol. The van der Waals surface area contributed by atoms with Gasteiger partial charge >= 0.3 is 8.25 Å². The summed E-state index contributed by atoms with van der Waals surface area (Å²) in [5.74, 6) is 0. The molecule has 5 heteroatoms. The fourth-order valence-corrected chi connectivity index (χ4v) is 0.224. The molecule has 0 aliphatic heterocycles. The van der Waals surface area contributed by atoms with Crippen LogP contribution in [0, 0.1) is 0 Å². The standard InChI is InChI=1S/C2H6O3P.CH5N/c1-4-6(3)5-2;1-2/h1-2H3;2H2,1H3/q+1;. The van der Waals surface area contributed by atoms with Crippen LogP contribution in [-0.2, 0) is 13.6 Å². The quantitative estimate of drug-likeness (QED) is 0.567. The molecule has 0 saturated heterocycles. The van der Waals surface area contributed by atoms with Crippen molar-refractivity contribution < 1.29 is 13.6 Å². The minimum absolute atomic E-state index is 1.32. The predicted octanol–water partition coefficient (Wildman–Crippen LogP) is 0.511. The molecular formula is C3H11NO3P+. The number of nitrogens with two attached hydrogens (primary N) is 1. The van der Waals surface area contributed by atoms with E-state index in [4.69, 9.17) is 0 Å². The van der Waals surface area contributed by atoms with Crippen LogP contribution in [0.5, 0.6) is 0 Å². The van der Waals surface area contributed by atoms with Gasteiger partial charge in [0.05, 0.1) is 14.2 Å². The smallest absolute Gasteiger partial charge is 0.333 e. The lowest BCUT2D eigenvalue weighted by atomic mass is 11.6. The van der Waals surface area contributed by atoms with Crippen molar-refractivity contribution in [3.05, 3.63) is 0 Å². The fourth-order valence-electron chi connectivity index (χ4n) is 0.0745. The first-order valence-corrected chi connectivity index (χ1v) is 3.04. The van der Waals surface area contributed by atoms with E-state index in [1.54, 1.807) is 0 Å². The van der Waals surface area contributed by atoms with Gasteiger partial charge in [0, 0.05) is 4.57 Å². The van der Waals surface area contributed by atoms with Crippen LogP contribution in [0.15, 0.2) is 0 Å². The Kier molecular flexibility index (Phi) is 13.7. The molecule has 0 heterocycles. The number of hydrogen-bond donors (Lipinski definition) is 1. The zero-order valence-corrected chi connectivity index (χ0v) is 6.14. The molecule has 0 spiro atoms. The summed E-state index contributed by atoms with van der Waals surface area (Å²) in [7, 11) is 2.32. The van der Waals surface area contributed by atoms with E-state index in [0.717, 1.165) is 0 Å². The van der Waals surface area contributed by atoms with Gasteiger partial charge in [-0.05, 0) is 7.05 Å². The molecule has 0 aromatic heterocycles. The molecule has 0 amide bonds. The maximum Gasteiger partial charge on any atom is 0.696 e. The van der Waals surface area contributed by atoms with Gasteiger partial charge in [-0.3, -0.25) is 0 Å². The molecular weight excluding hydrogens is 129 g/mol. The maximum atomic E-state index is 9.88. The van der Waals surface area contributed by atoms with Crippen LogP contribution < -0.4 is 5.73 Å². The fraction of sp³-hybridized carbons (Fsp3) is 1.00. The Balaban J connectivity index is 0. The van der Waals surface area contributed by atoms with Gasteiger partial charge in [-0.2, -0.15) is 0 Å². The summed E-state index contributed by atoms with van der Waals surface area (Å²) in [4.78, 5) is 0. The first-order valence-electron chi connectivity index (χ1n) is 1.94. The largest absolute Gasteiger partial charge is 0.696 e. The molecule has 0 fully saturated rings. The van der Waals surface area contributed by atoms with Gasteiger partial charge in [0.25, 0.3) is 0 Å². The van der Waals surface area contributed by atoms with Gasteiger partial charge in [0.2, 0.25) is 0 Å².